The summed E-state index contributed by atoms with van der Waals surface area (Å²) in [6.07, 6.45) is 14.0. The number of nitrogens with zero attached hydrogens (tertiary/aromatic N) is 3. The van der Waals surface area contributed by atoms with Gasteiger partial charge in [0, 0.05) is 12.7 Å². The van der Waals surface area contributed by atoms with Crippen molar-refractivity contribution < 1.29 is 0 Å². The Labute approximate surface area is 121 Å². The maximum Gasteiger partial charge on any atom is 0.155 e. The molecule has 100 valence electrons. The van der Waals surface area contributed by atoms with Crippen LogP contribution in [-0.4, -0.2) is 20.9 Å². The maximum atomic E-state index is 4.35. The number of allylic oxidation sites excluding steroid dienone is 2. The Morgan fingerprint density at radius 3 is 3.11 bits per heavy atom. The Bertz CT molecular complexity index is 590. The molecule has 1 N–H and O–H groups in total. The van der Waals surface area contributed by atoms with Crippen LogP contribution in [0.2, 0.25) is 0 Å². The molecule has 5 heteroatoms. The van der Waals surface area contributed by atoms with Gasteiger partial charge in [0.1, 0.15) is 4.60 Å². The second-order valence-electron chi connectivity index (χ2n) is 4.97. The van der Waals surface area contributed by atoms with Gasteiger partial charge in [-0.2, -0.15) is 0 Å². The van der Waals surface area contributed by atoms with Crippen LogP contribution in [0, 0.1) is 5.92 Å². The van der Waals surface area contributed by atoms with Gasteiger partial charge in [-0.3, -0.25) is 4.40 Å². The van der Waals surface area contributed by atoms with E-state index in [1.807, 2.05) is 12.4 Å². The Balaban J connectivity index is 1.62. The zero-order valence-electron chi connectivity index (χ0n) is 10.7. The van der Waals surface area contributed by atoms with Crippen molar-refractivity contribution in [2.75, 3.05) is 6.54 Å². The molecule has 0 fully saturated rings. The predicted octanol–water partition coefficient (Wildman–Crippen LogP) is 2.94. The fourth-order valence-electron chi connectivity index (χ4n) is 2.49. The number of aromatic nitrogens is 3. The first-order valence-corrected chi connectivity index (χ1v) is 7.45. The number of hydrogen-bond acceptors (Lipinski definition) is 3. The largest absolute Gasteiger partial charge is 0.311 e. The summed E-state index contributed by atoms with van der Waals surface area (Å²) in [7, 11) is 0. The minimum Gasteiger partial charge on any atom is -0.311 e. The summed E-state index contributed by atoms with van der Waals surface area (Å²) >= 11 is 3.39. The minimum absolute atomic E-state index is 0.776. The van der Waals surface area contributed by atoms with Crippen LogP contribution in [0.3, 0.4) is 0 Å². The number of fused-ring (bicyclic) bond motifs is 1. The van der Waals surface area contributed by atoms with Crippen molar-refractivity contribution in [1.82, 2.24) is 19.7 Å². The molecular formula is C14H17BrN4. The zero-order valence-corrected chi connectivity index (χ0v) is 12.3. The quantitative estimate of drug-likeness (QED) is 0.881. The van der Waals surface area contributed by atoms with Crippen LogP contribution >= 0.6 is 15.9 Å². The Morgan fingerprint density at radius 1 is 1.32 bits per heavy atom. The van der Waals surface area contributed by atoms with Crippen LogP contribution in [0.15, 0.2) is 35.3 Å². The molecule has 19 heavy (non-hydrogen) atoms. The molecule has 2 heterocycles. The van der Waals surface area contributed by atoms with E-state index in [1.165, 1.54) is 25.0 Å². The first kappa shape index (κ1) is 12.8. The van der Waals surface area contributed by atoms with Gasteiger partial charge in [0.2, 0.25) is 0 Å². The van der Waals surface area contributed by atoms with Gasteiger partial charge in [-0.15, -0.1) is 0 Å². The minimum atomic E-state index is 0.776. The molecule has 0 aromatic carbocycles. The summed E-state index contributed by atoms with van der Waals surface area (Å²) in [6, 6.07) is 0. The molecule has 1 aliphatic carbocycles. The van der Waals surface area contributed by atoms with Crippen molar-refractivity contribution in [2.24, 2.45) is 5.92 Å². The Morgan fingerprint density at radius 2 is 2.26 bits per heavy atom. The van der Waals surface area contributed by atoms with Gasteiger partial charge in [0.25, 0.3) is 0 Å². The van der Waals surface area contributed by atoms with E-state index in [1.54, 1.807) is 6.20 Å². The van der Waals surface area contributed by atoms with E-state index < -0.39 is 0 Å². The van der Waals surface area contributed by atoms with Crippen molar-refractivity contribution in [3.63, 3.8) is 0 Å². The van der Waals surface area contributed by atoms with Crippen LogP contribution in [0.5, 0.6) is 0 Å². The van der Waals surface area contributed by atoms with E-state index in [4.69, 9.17) is 0 Å². The van der Waals surface area contributed by atoms with E-state index in [9.17, 15) is 0 Å². The van der Waals surface area contributed by atoms with E-state index in [2.05, 4.69) is 47.8 Å². The van der Waals surface area contributed by atoms with Crippen molar-refractivity contribution >= 4 is 21.6 Å². The second kappa shape index (κ2) is 5.84. The molecule has 1 unspecified atom stereocenters. The molecule has 0 saturated carbocycles. The third-order valence-corrected chi connectivity index (χ3v) is 3.97. The van der Waals surface area contributed by atoms with E-state index in [0.717, 1.165) is 29.3 Å². The molecule has 1 aliphatic rings. The van der Waals surface area contributed by atoms with Gasteiger partial charge in [0.05, 0.1) is 18.1 Å². The highest BCUT2D eigenvalue weighted by Crippen LogP contribution is 2.17. The Kier molecular flexibility index (Phi) is 3.94. The molecule has 4 nitrogen and oxygen atoms in total. The van der Waals surface area contributed by atoms with Gasteiger partial charge in [-0.25, -0.2) is 9.97 Å². The monoisotopic (exact) mass is 320 g/mol. The molecular weight excluding hydrogens is 304 g/mol. The average molecular weight is 321 g/mol. The lowest BCUT2D eigenvalue weighted by Crippen LogP contribution is -2.23. The average Bonchev–Trinajstić information content (AvgIpc) is 2.83. The highest BCUT2D eigenvalue weighted by atomic mass is 79.9. The lowest BCUT2D eigenvalue weighted by Gasteiger charge is -2.18. The van der Waals surface area contributed by atoms with E-state index in [0.29, 0.717) is 0 Å². The van der Waals surface area contributed by atoms with Gasteiger partial charge in [-0.1, -0.05) is 12.2 Å². The highest BCUT2D eigenvalue weighted by Gasteiger charge is 2.10. The summed E-state index contributed by atoms with van der Waals surface area (Å²) in [5, 5.41) is 3.54. The van der Waals surface area contributed by atoms with Crippen molar-refractivity contribution in [3.05, 3.63) is 41.0 Å². The molecule has 0 saturated heterocycles. The lowest BCUT2D eigenvalue weighted by atomic mass is 9.94. The molecule has 0 amide bonds. The van der Waals surface area contributed by atoms with Gasteiger partial charge in [-0.05, 0) is 47.7 Å². The number of rotatable bonds is 4. The van der Waals surface area contributed by atoms with E-state index in [-0.39, 0.29) is 0 Å². The zero-order chi connectivity index (χ0) is 13.1. The topological polar surface area (TPSA) is 42.2 Å². The molecule has 2 aromatic heterocycles. The van der Waals surface area contributed by atoms with Gasteiger partial charge >= 0.3 is 0 Å². The molecule has 2 aromatic rings. The molecule has 0 spiro atoms. The fraction of sp³-hybridized carbons (Fsp3) is 0.429. The summed E-state index contributed by atoms with van der Waals surface area (Å²) in [6.45, 7) is 1.92. The predicted molar refractivity (Wildman–Crippen MR) is 78.9 cm³/mol. The van der Waals surface area contributed by atoms with Crippen molar-refractivity contribution in [1.29, 1.82) is 0 Å². The number of nitrogens with one attached hydrogen (secondary N) is 1. The summed E-state index contributed by atoms with van der Waals surface area (Å²) in [5.41, 5.74) is 2.06. The normalized spacial score (nSPS) is 19.1. The standard InChI is InChI=1S/C14H17BrN4/c15-13-10-19-12(8-18-14(19)9-17-13)7-16-6-11-4-2-1-3-5-11/h1-2,8-11,16H,3-7H2. The van der Waals surface area contributed by atoms with Crippen LogP contribution in [-0.2, 0) is 6.54 Å². The van der Waals surface area contributed by atoms with Crippen molar-refractivity contribution in [2.45, 2.75) is 25.8 Å². The number of hydrogen-bond donors (Lipinski definition) is 1. The first-order chi connectivity index (χ1) is 9.33. The number of imidazole rings is 1. The van der Waals surface area contributed by atoms with Crippen molar-refractivity contribution in [3.8, 4) is 0 Å². The molecule has 0 bridgehead atoms. The number of halogens is 1. The SMILES string of the molecule is Brc1cn2c(CNCC3CC=CCC3)cnc2cn1. The highest BCUT2D eigenvalue weighted by molar-refractivity contribution is 9.10. The third-order valence-electron chi connectivity index (χ3n) is 3.56. The molecule has 1 atom stereocenters. The van der Waals surface area contributed by atoms with E-state index >= 15 is 0 Å². The van der Waals surface area contributed by atoms with Gasteiger partial charge < -0.3 is 5.32 Å². The van der Waals surface area contributed by atoms with Crippen LogP contribution in [0.4, 0.5) is 0 Å². The maximum absolute atomic E-state index is 4.35. The second-order valence-corrected chi connectivity index (χ2v) is 5.78. The molecule has 0 aliphatic heterocycles. The summed E-state index contributed by atoms with van der Waals surface area (Å²) < 4.78 is 2.90. The first-order valence-electron chi connectivity index (χ1n) is 6.66. The summed E-state index contributed by atoms with van der Waals surface area (Å²) in [4.78, 5) is 8.53. The molecule has 3 rings (SSSR count). The molecule has 0 radical (unpaired) electrons. The summed E-state index contributed by atoms with van der Waals surface area (Å²) in [5.74, 6) is 0.776. The van der Waals surface area contributed by atoms with Crippen LogP contribution in [0.1, 0.15) is 25.0 Å². The third kappa shape index (κ3) is 3.04. The fourth-order valence-corrected chi connectivity index (χ4v) is 2.80. The van der Waals surface area contributed by atoms with Gasteiger partial charge in [0.15, 0.2) is 5.65 Å². The lowest BCUT2D eigenvalue weighted by molar-refractivity contribution is 0.439. The smallest absolute Gasteiger partial charge is 0.155 e. The Hall–Kier alpha value is -1.20. The van der Waals surface area contributed by atoms with Crippen LogP contribution in [0.25, 0.3) is 5.65 Å². The van der Waals surface area contributed by atoms with Crippen LogP contribution < -0.4 is 5.32 Å².